The molecule has 0 atom stereocenters. The van der Waals surface area contributed by atoms with Crippen molar-refractivity contribution in [3.8, 4) is 0 Å². The lowest BCUT2D eigenvalue weighted by Gasteiger charge is -2.05. The Morgan fingerprint density at radius 3 is 2.78 bits per heavy atom. The Bertz CT molecular complexity index is 118. The molecule has 0 aromatic rings. The third kappa shape index (κ3) is 3.54. The van der Waals surface area contributed by atoms with Crippen molar-refractivity contribution in [2.45, 2.75) is 0 Å². The molecule has 0 aromatic heterocycles. The van der Waals surface area contributed by atoms with Crippen LogP contribution in [-0.2, 0) is 0 Å². The SMILES string of the molecule is C=NN(C)/C=C(\N)CN. The van der Waals surface area contributed by atoms with Crippen molar-refractivity contribution in [1.82, 2.24) is 5.01 Å². The second-order valence-corrected chi connectivity index (χ2v) is 1.62. The molecule has 0 rings (SSSR count). The molecule has 0 spiro atoms. The molecule has 0 aromatic carbocycles. The number of hydrazone groups is 1. The summed E-state index contributed by atoms with van der Waals surface area (Å²) in [4.78, 5) is 0. The Labute approximate surface area is 54.8 Å². The molecule has 0 fully saturated rings. The second-order valence-electron chi connectivity index (χ2n) is 1.62. The molecule has 0 amide bonds. The molecule has 0 saturated heterocycles. The molecular formula is C5H12N4. The van der Waals surface area contributed by atoms with E-state index in [1.165, 1.54) is 5.01 Å². The van der Waals surface area contributed by atoms with E-state index in [1.54, 1.807) is 13.2 Å². The zero-order valence-corrected chi connectivity index (χ0v) is 5.54. The van der Waals surface area contributed by atoms with Crippen LogP contribution in [0.5, 0.6) is 0 Å². The van der Waals surface area contributed by atoms with Gasteiger partial charge in [-0.1, -0.05) is 0 Å². The van der Waals surface area contributed by atoms with Gasteiger partial charge in [-0.3, -0.25) is 5.01 Å². The number of nitrogens with two attached hydrogens (primary N) is 2. The van der Waals surface area contributed by atoms with Gasteiger partial charge in [-0.2, -0.15) is 5.10 Å². The van der Waals surface area contributed by atoms with Gasteiger partial charge in [0.05, 0.1) is 0 Å². The summed E-state index contributed by atoms with van der Waals surface area (Å²) >= 11 is 0. The highest BCUT2D eigenvalue weighted by Crippen LogP contribution is 1.85. The minimum absolute atomic E-state index is 0.347. The van der Waals surface area contributed by atoms with E-state index >= 15 is 0 Å². The Balaban J connectivity index is 3.78. The predicted octanol–water partition coefficient (Wildman–Crippen LogP) is -0.707. The lowest BCUT2D eigenvalue weighted by molar-refractivity contribution is 0.489. The minimum atomic E-state index is 0.347. The van der Waals surface area contributed by atoms with E-state index in [4.69, 9.17) is 11.5 Å². The monoisotopic (exact) mass is 128 g/mol. The molecule has 0 heterocycles. The van der Waals surface area contributed by atoms with Crippen LogP contribution in [0.25, 0.3) is 0 Å². The molecule has 0 radical (unpaired) electrons. The Morgan fingerprint density at radius 2 is 2.44 bits per heavy atom. The standard InChI is InChI=1S/C5H12N4/c1-8-9(2)4-5(7)3-6/h4H,1,3,6-7H2,2H3/b5-4-. The maximum absolute atomic E-state index is 5.36. The molecule has 0 saturated carbocycles. The van der Waals surface area contributed by atoms with Gasteiger partial charge in [0.2, 0.25) is 0 Å². The van der Waals surface area contributed by atoms with Crippen LogP contribution in [0.4, 0.5) is 0 Å². The van der Waals surface area contributed by atoms with Crippen molar-refractivity contribution >= 4 is 6.72 Å². The summed E-state index contributed by atoms with van der Waals surface area (Å²) in [5, 5.41) is 5.05. The van der Waals surface area contributed by atoms with Gasteiger partial charge in [0.15, 0.2) is 0 Å². The van der Waals surface area contributed by atoms with Crippen LogP contribution in [0.15, 0.2) is 17.0 Å². The number of hydrogen-bond acceptors (Lipinski definition) is 4. The van der Waals surface area contributed by atoms with Gasteiger partial charge in [-0.15, -0.1) is 0 Å². The summed E-state index contributed by atoms with van der Waals surface area (Å²) in [6.45, 7) is 3.63. The van der Waals surface area contributed by atoms with Crippen LogP contribution < -0.4 is 11.5 Å². The molecule has 0 aliphatic rings. The van der Waals surface area contributed by atoms with Crippen molar-refractivity contribution in [2.75, 3.05) is 13.6 Å². The second kappa shape index (κ2) is 3.91. The Kier molecular flexibility index (Phi) is 3.46. The first-order chi connectivity index (χ1) is 4.20. The molecule has 0 aliphatic carbocycles. The summed E-state index contributed by atoms with van der Waals surface area (Å²) in [5.74, 6) is 0. The Morgan fingerprint density at radius 1 is 1.89 bits per heavy atom. The highest BCUT2D eigenvalue weighted by Gasteiger charge is 1.85. The normalized spacial score (nSPS) is 11.1. The fraction of sp³-hybridized carbons (Fsp3) is 0.400. The summed E-state index contributed by atoms with van der Waals surface area (Å²) in [7, 11) is 1.73. The maximum atomic E-state index is 5.36. The van der Waals surface area contributed by atoms with Crippen LogP contribution >= 0.6 is 0 Å². The first-order valence-corrected chi connectivity index (χ1v) is 2.56. The summed E-state index contributed by atoms with van der Waals surface area (Å²) in [5.41, 5.74) is 11.1. The first-order valence-electron chi connectivity index (χ1n) is 2.56. The number of nitrogens with zero attached hydrogens (tertiary/aromatic N) is 2. The molecular weight excluding hydrogens is 116 g/mol. The van der Waals surface area contributed by atoms with E-state index in [9.17, 15) is 0 Å². The molecule has 52 valence electrons. The third-order valence-electron chi connectivity index (χ3n) is 0.811. The predicted molar refractivity (Wildman–Crippen MR) is 38.6 cm³/mol. The fourth-order valence-electron chi connectivity index (χ4n) is 0.334. The average Bonchev–Trinajstić information content (AvgIpc) is 1.87. The molecule has 0 aliphatic heterocycles. The van der Waals surface area contributed by atoms with Crippen LogP contribution in [0.1, 0.15) is 0 Å². The van der Waals surface area contributed by atoms with Crippen LogP contribution in [0.2, 0.25) is 0 Å². The number of rotatable bonds is 3. The van der Waals surface area contributed by atoms with E-state index in [0.717, 1.165) is 0 Å². The van der Waals surface area contributed by atoms with Crippen molar-refractivity contribution in [2.24, 2.45) is 16.6 Å². The van der Waals surface area contributed by atoms with Crippen LogP contribution in [0, 0.1) is 0 Å². The molecule has 4 heteroatoms. The third-order valence-corrected chi connectivity index (χ3v) is 0.811. The summed E-state index contributed by atoms with van der Waals surface area (Å²) < 4.78 is 0. The highest BCUT2D eigenvalue weighted by atomic mass is 15.4. The molecule has 0 unspecified atom stereocenters. The van der Waals surface area contributed by atoms with Crippen LogP contribution in [0.3, 0.4) is 0 Å². The largest absolute Gasteiger partial charge is 0.400 e. The lowest BCUT2D eigenvalue weighted by atomic mass is 10.5. The van der Waals surface area contributed by atoms with E-state index < -0.39 is 0 Å². The quantitative estimate of drug-likeness (QED) is 0.390. The molecule has 9 heavy (non-hydrogen) atoms. The first kappa shape index (κ1) is 7.97. The zero-order valence-electron chi connectivity index (χ0n) is 5.54. The minimum Gasteiger partial charge on any atom is -0.400 e. The van der Waals surface area contributed by atoms with E-state index in [-0.39, 0.29) is 0 Å². The van der Waals surface area contributed by atoms with Crippen molar-refractivity contribution in [1.29, 1.82) is 0 Å². The highest BCUT2D eigenvalue weighted by molar-refractivity contribution is 5.22. The lowest BCUT2D eigenvalue weighted by Crippen LogP contribution is -2.14. The summed E-state index contributed by atoms with van der Waals surface area (Å²) in [6, 6.07) is 0. The van der Waals surface area contributed by atoms with Gasteiger partial charge in [0.1, 0.15) is 0 Å². The maximum Gasteiger partial charge on any atom is 0.0429 e. The average molecular weight is 128 g/mol. The zero-order chi connectivity index (χ0) is 7.28. The summed E-state index contributed by atoms with van der Waals surface area (Å²) in [6.07, 6.45) is 1.62. The smallest absolute Gasteiger partial charge is 0.0429 e. The van der Waals surface area contributed by atoms with Gasteiger partial charge in [-0.05, 0) is 0 Å². The van der Waals surface area contributed by atoms with E-state index in [1.807, 2.05) is 0 Å². The molecule has 4 N–H and O–H groups in total. The number of hydrogen-bond donors (Lipinski definition) is 2. The Hall–Kier alpha value is -1.03. The molecule has 4 nitrogen and oxygen atoms in total. The fourth-order valence-corrected chi connectivity index (χ4v) is 0.334. The van der Waals surface area contributed by atoms with Gasteiger partial charge in [-0.25, -0.2) is 0 Å². The van der Waals surface area contributed by atoms with Gasteiger partial charge >= 0.3 is 0 Å². The van der Waals surface area contributed by atoms with Gasteiger partial charge in [0.25, 0.3) is 0 Å². The molecule has 0 bridgehead atoms. The van der Waals surface area contributed by atoms with E-state index in [0.29, 0.717) is 12.2 Å². The van der Waals surface area contributed by atoms with Crippen LogP contribution in [-0.4, -0.2) is 25.3 Å². The van der Waals surface area contributed by atoms with Gasteiger partial charge < -0.3 is 11.5 Å². The topological polar surface area (TPSA) is 67.6 Å². The van der Waals surface area contributed by atoms with Crippen molar-refractivity contribution < 1.29 is 0 Å². The van der Waals surface area contributed by atoms with Crippen molar-refractivity contribution in [3.05, 3.63) is 11.9 Å². The van der Waals surface area contributed by atoms with Gasteiger partial charge in [0, 0.05) is 32.2 Å². The van der Waals surface area contributed by atoms with E-state index in [2.05, 4.69) is 11.8 Å². The van der Waals surface area contributed by atoms with Crippen molar-refractivity contribution in [3.63, 3.8) is 0 Å².